The molecule has 2 saturated heterocycles. The SMILES string of the molecule is CN(Cc1ccc2nonc2c1)CC1CC2(CCNCC2)C(=O)O1. The van der Waals surface area contributed by atoms with Crippen molar-refractivity contribution in [3.63, 3.8) is 0 Å². The van der Waals surface area contributed by atoms with Crippen LogP contribution in [0, 0.1) is 5.41 Å². The number of nitrogens with one attached hydrogen (secondary N) is 1. The molecule has 7 heteroatoms. The molecule has 0 saturated carbocycles. The Labute approximate surface area is 140 Å². The Hall–Kier alpha value is -1.99. The lowest BCUT2D eigenvalue weighted by Gasteiger charge is -2.29. The Bertz CT molecular complexity index is 738. The maximum atomic E-state index is 12.3. The first-order valence-corrected chi connectivity index (χ1v) is 8.46. The molecule has 0 aliphatic carbocycles. The van der Waals surface area contributed by atoms with Gasteiger partial charge in [0.2, 0.25) is 0 Å². The smallest absolute Gasteiger partial charge is 0.312 e. The first-order valence-electron chi connectivity index (χ1n) is 8.46. The molecule has 1 aromatic carbocycles. The van der Waals surface area contributed by atoms with Crippen molar-refractivity contribution in [3.8, 4) is 0 Å². The van der Waals surface area contributed by atoms with E-state index in [1.807, 2.05) is 25.2 Å². The maximum absolute atomic E-state index is 12.3. The second-order valence-corrected chi connectivity index (χ2v) is 7.05. The summed E-state index contributed by atoms with van der Waals surface area (Å²) in [4.78, 5) is 14.5. The normalized spacial score (nSPS) is 23.2. The fourth-order valence-electron chi connectivity index (χ4n) is 3.90. The number of piperidine rings is 1. The Morgan fingerprint density at radius 3 is 2.92 bits per heavy atom. The molecule has 4 rings (SSSR count). The van der Waals surface area contributed by atoms with Gasteiger partial charge in [-0.2, -0.15) is 0 Å². The Kier molecular flexibility index (Phi) is 3.97. The highest BCUT2D eigenvalue weighted by molar-refractivity contribution is 5.79. The molecule has 1 aromatic heterocycles. The lowest BCUT2D eigenvalue weighted by molar-refractivity contribution is -0.150. The molecular formula is C17H22N4O3. The van der Waals surface area contributed by atoms with E-state index in [9.17, 15) is 4.79 Å². The number of carbonyl (C=O) groups excluding carboxylic acids is 1. The van der Waals surface area contributed by atoms with Crippen molar-refractivity contribution in [2.45, 2.75) is 31.9 Å². The number of ether oxygens (including phenoxy) is 1. The van der Waals surface area contributed by atoms with Crippen molar-refractivity contribution >= 4 is 17.0 Å². The second-order valence-electron chi connectivity index (χ2n) is 7.05. The van der Waals surface area contributed by atoms with Crippen LogP contribution < -0.4 is 5.32 Å². The van der Waals surface area contributed by atoms with Crippen molar-refractivity contribution in [1.82, 2.24) is 20.5 Å². The van der Waals surface area contributed by atoms with Gasteiger partial charge in [-0.1, -0.05) is 6.07 Å². The quantitative estimate of drug-likeness (QED) is 0.847. The Morgan fingerprint density at radius 1 is 1.29 bits per heavy atom. The summed E-state index contributed by atoms with van der Waals surface area (Å²) in [5.41, 5.74) is 2.42. The largest absolute Gasteiger partial charge is 0.461 e. The predicted octanol–water partition coefficient (Wildman–Crippen LogP) is 1.34. The minimum atomic E-state index is -0.248. The van der Waals surface area contributed by atoms with E-state index >= 15 is 0 Å². The van der Waals surface area contributed by atoms with Gasteiger partial charge in [0.05, 0.1) is 5.41 Å². The number of nitrogens with zero attached hydrogens (tertiary/aromatic N) is 3. The van der Waals surface area contributed by atoms with E-state index in [4.69, 9.17) is 9.37 Å². The molecule has 1 N–H and O–H groups in total. The summed E-state index contributed by atoms with van der Waals surface area (Å²) < 4.78 is 10.4. The average molecular weight is 330 g/mol. The maximum Gasteiger partial charge on any atom is 0.312 e. The van der Waals surface area contributed by atoms with Gasteiger partial charge in [-0.05, 0) is 61.0 Å². The van der Waals surface area contributed by atoms with Gasteiger partial charge in [0.25, 0.3) is 0 Å². The third-order valence-electron chi connectivity index (χ3n) is 5.17. The van der Waals surface area contributed by atoms with Crippen LogP contribution in [0.4, 0.5) is 0 Å². The first kappa shape index (κ1) is 15.5. The minimum absolute atomic E-state index is 0.00232. The zero-order chi connectivity index (χ0) is 16.6. The molecule has 2 aliphatic heterocycles. The monoisotopic (exact) mass is 330 g/mol. The zero-order valence-electron chi connectivity index (χ0n) is 13.8. The second kappa shape index (κ2) is 6.14. The van der Waals surface area contributed by atoms with Gasteiger partial charge in [-0.15, -0.1) is 0 Å². The van der Waals surface area contributed by atoms with E-state index in [-0.39, 0.29) is 17.5 Å². The molecule has 1 unspecified atom stereocenters. The number of fused-ring (bicyclic) bond motifs is 1. The van der Waals surface area contributed by atoms with Crippen LogP contribution in [-0.2, 0) is 16.1 Å². The molecule has 0 amide bonds. The van der Waals surface area contributed by atoms with Crippen LogP contribution in [0.2, 0.25) is 0 Å². The van der Waals surface area contributed by atoms with Crippen LogP contribution in [0.25, 0.3) is 11.0 Å². The molecule has 1 spiro atoms. The van der Waals surface area contributed by atoms with Gasteiger partial charge in [0.15, 0.2) is 0 Å². The van der Waals surface area contributed by atoms with E-state index in [2.05, 4.69) is 20.5 Å². The van der Waals surface area contributed by atoms with E-state index < -0.39 is 0 Å². The molecule has 2 aliphatic rings. The summed E-state index contributed by atoms with van der Waals surface area (Å²) >= 11 is 0. The van der Waals surface area contributed by atoms with Gasteiger partial charge >= 0.3 is 5.97 Å². The number of hydrogen-bond acceptors (Lipinski definition) is 7. The average Bonchev–Trinajstić information content (AvgIpc) is 3.13. The topological polar surface area (TPSA) is 80.5 Å². The third-order valence-corrected chi connectivity index (χ3v) is 5.17. The fraction of sp³-hybridized carbons (Fsp3) is 0.588. The van der Waals surface area contributed by atoms with Crippen LogP contribution in [0.5, 0.6) is 0 Å². The summed E-state index contributed by atoms with van der Waals surface area (Å²) in [5, 5.41) is 11.0. The summed E-state index contributed by atoms with van der Waals surface area (Å²) in [6.45, 7) is 3.33. The van der Waals surface area contributed by atoms with E-state index in [1.165, 1.54) is 0 Å². The Balaban J connectivity index is 1.37. The van der Waals surface area contributed by atoms with Crippen molar-refractivity contribution < 1.29 is 14.2 Å². The summed E-state index contributed by atoms with van der Waals surface area (Å²) in [6.07, 6.45) is 2.60. The van der Waals surface area contributed by atoms with Gasteiger partial charge in [-0.25, -0.2) is 4.63 Å². The van der Waals surface area contributed by atoms with Gasteiger partial charge in [-0.3, -0.25) is 9.69 Å². The number of esters is 1. The number of hydrogen-bond donors (Lipinski definition) is 1. The summed E-state index contributed by atoms with van der Waals surface area (Å²) in [6, 6.07) is 5.92. The van der Waals surface area contributed by atoms with Crippen LogP contribution in [0.15, 0.2) is 22.8 Å². The lowest BCUT2D eigenvalue weighted by Crippen LogP contribution is -2.39. The first-order chi connectivity index (χ1) is 11.6. The van der Waals surface area contributed by atoms with E-state index in [1.54, 1.807) is 0 Å². The molecule has 24 heavy (non-hydrogen) atoms. The van der Waals surface area contributed by atoms with Gasteiger partial charge in [0, 0.05) is 19.5 Å². The number of benzene rings is 1. The van der Waals surface area contributed by atoms with E-state index in [0.29, 0.717) is 0 Å². The van der Waals surface area contributed by atoms with Crippen LogP contribution in [0.3, 0.4) is 0 Å². The van der Waals surface area contributed by atoms with Crippen molar-refractivity contribution in [1.29, 1.82) is 0 Å². The standard InChI is InChI=1S/C17H22N4O3/c1-21(10-12-2-3-14-15(8-12)20-24-19-14)11-13-9-17(16(22)23-13)4-6-18-7-5-17/h2-3,8,13,18H,4-7,9-11H2,1H3. The van der Waals surface area contributed by atoms with Crippen molar-refractivity contribution in [3.05, 3.63) is 23.8 Å². The van der Waals surface area contributed by atoms with Crippen LogP contribution in [0.1, 0.15) is 24.8 Å². The molecule has 0 bridgehead atoms. The van der Waals surface area contributed by atoms with Crippen LogP contribution in [-0.4, -0.2) is 54.0 Å². The number of carbonyl (C=O) groups is 1. The van der Waals surface area contributed by atoms with Gasteiger partial charge in [0.1, 0.15) is 17.1 Å². The minimum Gasteiger partial charge on any atom is -0.461 e. The molecule has 0 radical (unpaired) electrons. The van der Waals surface area contributed by atoms with Crippen molar-refractivity contribution in [2.75, 3.05) is 26.7 Å². The number of cyclic esters (lactones) is 1. The molecule has 2 fully saturated rings. The molecule has 2 aromatic rings. The fourth-order valence-corrected chi connectivity index (χ4v) is 3.90. The molecule has 3 heterocycles. The molecule has 128 valence electrons. The van der Waals surface area contributed by atoms with Crippen LogP contribution >= 0.6 is 0 Å². The highest BCUT2D eigenvalue weighted by Gasteiger charge is 2.49. The molecular weight excluding hydrogens is 308 g/mol. The zero-order valence-corrected chi connectivity index (χ0v) is 13.8. The lowest BCUT2D eigenvalue weighted by atomic mass is 9.76. The highest BCUT2D eigenvalue weighted by atomic mass is 16.6. The van der Waals surface area contributed by atoms with E-state index in [0.717, 1.165) is 62.0 Å². The third kappa shape index (κ3) is 2.89. The number of rotatable bonds is 4. The Morgan fingerprint density at radius 2 is 2.08 bits per heavy atom. The molecule has 1 atom stereocenters. The predicted molar refractivity (Wildman–Crippen MR) is 87.2 cm³/mol. The van der Waals surface area contributed by atoms with Crippen molar-refractivity contribution in [2.24, 2.45) is 5.41 Å². The van der Waals surface area contributed by atoms with Gasteiger partial charge < -0.3 is 10.1 Å². The summed E-state index contributed by atoms with van der Waals surface area (Å²) in [5.74, 6) is -0.00232. The molecule has 7 nitrogen and oxygen atoms in total. The number of likely N-dealkylation sites (N-methyl/N-ethyl adjacent to an activating group) is 1. The number of aromatic nitrogens is 2. The summed E-state index contributed by atoms with van der Waals surface area (Å²) in [7, 11) is 2.05. The highest BCUT2D eigenvalue weighted by Crippen LogP contribution is 2.41.